The van der Waals surface area contributed by atoms with Gasteiger partial charge in [0.15, 0.2) is 6.10 Å². The van der Waals surface area contributed by atoms with Crippen molar-refractivity contribution < 1.29 is 19.1 Å². The molecule has 2 N–H and O–H groups in total. The van der Waals surface area contributed by atoms with E-state index in [1.165, 1.54) is 13.2 Å². The normalized spacial score (nSPS) is 11.5. The van der Waals surface area contributed by atoms with Gasteiger partial charge in [-0.3, -0.25) is 20.4 Å². The number of benzene rings is 3. The van der Waals surface area contributed by atoms with Crippen molar-refractivity contribution >= 4 is 34.2 Å². The summed E-state index contributed by atoms with van der Waals surface area (Å²) in [7, 11) is 1.44. The Morgan fingerprint density at radius 3 is 2.46 bits per heavy atom. The Labute approximate surface area is 167 Å². The molecule has 28 heavy (non-hydrogen) atoms. The van der Waals surface area contributed by atoms with Crippen LogP contribution in [0, 0.1) is 0 Å². The quantitative estimate of drug-likeness (QED) is 0.642. The second-order valence-corrected chi connectivity index (χ2v) is 6.49. The summed E-state index contributed by atoms with van der Waals surface area (Å²) < 4.78 is 10.8. The minimum atomic E-state index is -0.817. The second-order valence-electron chi connectivity index (χ2n) is 6.06. The van der Waals surface area contributed by atoms with Gasteiger partial charge < -0.3 is 9.47 Å². The second kappa shape index (κ2) is 8.63. The lowest BCUT2D eigenvalue weighted by molar-refractivity contribution is -0.128. The van der Waals surface area contributed by atoms with E-state index in [2.05, 4.69) is 10.9 Å². The largest absolute Gasteiger partial charge is 0.496 e. The monoisotopic (exact) mass is 398 g/mol. The molecule has 0 radical (unpaired) electrons. The summed E-state index contributed by atoms with van der Waals surface area (Å²) in [4.78, 5) is 24.6. The Balaban J connectivity index is 1.61. The lowest BCUT2D eigenvalue weighted by Gasteiger charge is -2.16. The summed E-state index contributed by atoms with van der Waals surface area (Å²) in [5.41, 5.74) is 4.89. The summed E-state index contributed by atoms with van der Waals surface area (Å²) in [5, 5.41) is 2.47. The third-order valence-electron chi connectivity index (χ3n) is 4.11. The zero-order chi connectivity index (χ0) is 20.1. The van der Waals surface area contributed by atoms with E-state index in [9.17, 15) is 9.59 Å². The molecule has 1 atom stereocenters. The number of hydrazine groups is 1. The van der Waals surface area contributed by atoms with Crippen LogP contribution in [-0.2, 0) is 4.79 Å². The predicted octanol–water partition coefficient (Wildman–Crippen LogP) is 3.73. The first-order chi connectivity index (χ1) is 13.5. The fourth-order valence-corrected chi connectivity index (χ4v) is 2.82. The van der Waals surface area contributed by atoms with Crippen LogP contribution in [0.15, 0.2) is 60.7 Å². The molecule has 0 aliphatic rings. The van der Waals surface area contributed by atoms with Gasteiger partial charge in [0, 0.05) is 5.02 Å². The van der Waals surface area contributed by atoms with Crippen molar-refractivity contribution in [1.29, 1.82) is 0 Å². The molecule has 0 fully saturated rings. The highest BCUT2D eigenvalue weighted by Crippen LogP contribution is 2.23. The number of amides is 2. The molecule has 1 unspecified atom stereocenters. The average Bonchev–Trinajstić information content (AvgIpc) is 2.71. The lowest BCUT2D eigenvalue weighted by Crippen LogP contribution is -2.47. The van der Waals surface area contributed by atoms with Crippen molar-refractivity contribution in [3.8, 4) is 11.5 Å². The molecule has 144 valence electrons. The summed E-state index contributed by atoms with van der Waals surface area (Å²) in [6.07, 6.45) is -0.817. The van der Waals surface area contributed by atoms with E-state index in [0.717, 1.165) is 10.8 Å². The molecular weight excluding hydrogens is 380 g/mol. The van der Waals surface area contributed by atoms with E-state index in [1.807, 2.05) is 36.4 Å². The first-order valence-electron chi connectivity index (χ1n) is 8.57. The van der Waals surface area contributed by atoms with Gasteiger partial charge in [-0.15, -0.1) is 0 Å². The Hall–Kier alpha value is -3.25. The number of rotatable bonds is 5. The lowest BCUT2D eigenvalue weighted by atomic mass is 10.1. The molecule has 0 aliphatic heterocycles. The molecule has 3 aromatic rings. The molecule has 0 saturated carbocycles. The minimum absolute atomic E-state index is 0.207. The molecule has 0 heterocycles. The van der Waals surface area contributed by atoms with E-state index < -0.39 is 17.9 Å². The van der Waals surface area contributed by atoms with Crippen LogP contribution in [0.25, 0.3) is 10.8 Å². The van der Waals surface area contributed by atoms with Gasteiger partial charge in [0.05, 0.1) is 12.7 Å². The van der Waals surface area contributed by atoms with E-state index in [-0.39, 0.29) is 5.56 Å². The van der Waals surface area contributed by atoms with E-state index >= 15 is 0 Å². The van der Waals surface area contributed by atoms with Gasteiger partial charge in [0.2, 0.25) is 0 Å². The van der Waals surface area contributed by atoms with Crippen molar-refractivity contribution in [1.82, 2.24) is 10.9 Å². The molecule has 6 nitrogen and oxygen atoms in total. The first-order valence-corrected chi connectivity index (χ1v) is 8.95. The third-order valence-corrected chi connectivity index (χ3v) is 4.34. The van der Waals surface area contributed by atoms with Crippen molar-refractivity contribution in [2.24, 2.45) is 0 Å². The average molecular weight is 399 g/mol. The predicted molar refractivity (Wildman–Crippen MR) is 108 cm³/mol. The molecule has 0 aromatic heterocycles. The molecule has 3 aromatic carbocycles. The summed E-state index contributed by atoms with van der Waals surface area (Å²) >= 11 is 5.92. The minimum Gasteiger partial charge on any atom is -0.496 e. The number of carbonyl (C=O) groups is 2. The molecule has 2 amide bonds. The fourth-order valence-electron chi connectivity index (χ4n) is 2.64. The molecule has 0 saturated heterocycles. The summed E-state index contributed by atoms with van der Waals surface area (Å²) in [5.74, 6) is -0.145. The number of hydrogen-bond donors (Lipinski definition) is 2. The number of ether oxygens (including phenoxy) is 2. The molecule has 3 rings (SSSR count). The van der Waals surface area contributed by atoms with Gasteiger partial charge in [-0.2, -0.15) is 0 Å². The molecule has 0 aliphatic carbocycles. The standard InChI is InChI=1S/C21H19ClN2O4/c1-13(28-17-9-7-14-5-3-4-6-15(14)11-17)20(25)23-24-21(26)18-12-16(22)8-10-19(18)27-2/h3-13H,1-2H3,(H,23,25)(H,24,26). The maximum Gasteiger partial charge on any atom is 0.279 e. The van der Waals surface area contributed by atoms with Gasteiger partial charge in [0.25, 0.3) is 11.8 Å². The molecular formula is C21H19ClN2O4. The third kappa shape index (κ3) is 4.53. The van der Waals surface area contributed by atoms with Crippen LogP contribution in [0.3, 0.4) is 0 Å². The highest BCUT2D eigenvalue weighted by molar-refractivity contribution is 6.31. The van der Waals surface area contributed by atoms with Crippen LogP contribution in [0.1, 0.15) is 17.3 Å². The maximum absolute atomic E-state index is 12.3. The highest BCUT2D eigenvalue weighted by atomic mass is 35.5. The van der Waals surface area contributed by atoms with Crippen molar-refractivity contribution in [3.05, 3.63) is 71.2 Å². The topological polar surface area (TPSA) is 76.7 Å². The number of nitrogens with one attached hydrogen (secondary N) is 2. The van der Waals surface area contributed by atoms with Gasteiger partial charge in [0.1, 0.15) is 11.5 Å². The number of methoxy groups -OCH3 is 1. The van der Waals surface area contributed by atoms with Gasteiger partial charge >= 0.3 is 0 Å². The van der Waals surface area contributed by atoms with Crippen LogP contribution < -0.4 is 20.3 Å². The first kappa shape index (κ1) is 19.5. The SMILES string of the molecule is COc1ccc(Cl)cc1C(=O)NNC(=O)C(C)Oc1ccc2ccccc2c1. The van der Waals surface area contributed by atoms with E-state index in [4.69, 9.17) is 21.1 Å². The zero-order valence-electron chi connectivity index (χ0n) is 15.4. The van der Waals surface area contributed by atoms with Crippen LogP contribution in [0.2, 0.25) is 5.02 Å². The maximum atomic E-state index is 12.3. The Bertz CT molecular complexity index is 1020. The Kier molecular flexibility index (Phi) is 6.01. The smallest absolute Gasteiger partial charge is 0.279 e. The van der Waals surface area contributed by atoms with E-state index in [1.54, 1.807) is 25.1 Å². The van der Waals surface area contributed by atoms with Crippen molar-refractivity contribution in [3.63, 3.8) is 0 Å². The Morgan fingerprint density at radius 2 is 1.71 bits per heavy atom. The molecule has 0 spiro atoms. The highest BCUT2D eigenvalue weighted by Gasteiger charge is 2.18. The van der Waals surface area contributed by atoms with Crippen LogP contribution >= 0.6 is 11.6 Å². The summed E-state index contributed by atoms with van der Waals surface area (Å²) in [6.45, 7) is 1.59. The number of fused-ring (bicyclic) bond motifs is 1. The Morgan fingerprint density at radius 1 is 0.964 bits per heavy atom. The fraction of sp³-hybridized carbons (Fsp3) is 0.143. The van der Waals surface area contributed by atoms with Crippen LogP contribution in [-0.4, -0.2) is 25.0 Å². The molecule has 7 heteroatoms. The van der Waals surface area contributed by atoms with Crippen molar-refractivity contribution in [2.75, 3.05) is 7.11 Å². The van der Waals surface area contributed by atoms with Gasteiger partial charge in [-0.1, -0.05) is 41.9 Å². The zero-order valence-corrected chi connectivity index (χ0v) is 16.1. The van der Waals surface area contributed by atoms with Crippen LogP contribution in [0.4, 0.5) is 0 Å². The molecule has 0 bridgehead atoms. The van der Waals surface area contributed by atoms with Gasteiger partial charge in [-0.25, -0.2) is 0 Å². The number of halogens is 1. The number of carbonyl (C=O) groups excluding carboxylic acids is 2. The van der Waals surface area contributed by atoms with E-state index in [0.29, 0.717) is 16.5 Å². The van der Waals surface area contributed by atoms with Gasteiger partial charge in [-0.05, 0) is 48.0 Å². The van der Waals surface area contributed by atoms with Crippen LogP contribution in [0.5, 0.6) is 11.5 Å². The number of hydrogen-bond acceptors (Lipinski definition) is 4. The van der Waals surface area contributed by atoms with Crippen molar-refractivity contribution in [2.45, 2.75) is 13.0 Å². The summed E-state index contributed by atoms with van der Waals surface area (Å²) in [6, 6.07) is 18.0.